The summed E-state index contributed by atoms with van der Waals surface area (Å²) in [6.45, 7) is 9.76. The molecule has 4 atom stereocenters. The van der Waals surface area contributed by atoms with Gasteiger partial charge in [-0.1, -0.05) is 26.8 Å². The van der Waals surface area contributed by atoms with Gasteiger partial charge < -0.3 is 5.32 Å². The molecule has 2 saturated carbocycles. The zero-order chi connectivity index (χ0) is 13.0. The van der Waals surface area contributed by atoms with Crippen LogP contribution in [-0.4, -0.2) is 6.04 Å². The van der Waals surface area contributed by atoms with Gasteiger partial charge in [0.2, 0.25) is 0 Å². The maximum absolute atomic E-state index is 3.95. The van der Waals surface area contributed by atoms with Gasteiger partial charge in [0.1, 0.15) is 0 Å². The zero-order valence-electron chi connectivity index (χ0n) is 12.0. The second-order valence-corrected chi connectivity index (χ2v) is 8.23. The quantitative estimate of drug-likeness (QED) is 0.839. The first-order chi connectivity index (χ1) is 8.43. The Kier molecular flexibility index (Phi) is 2.87. The first-order valence-corrected chi connectivity index (χ1v) is 8.11. The van der Waals surface area contributed by atoms with Crippen molar-refractivity contribution in [1.82, 2.24) is 5.32 Å². The van der Waals surface area contributed by atoms with Crippen LogP contribution in [0.25, 0.3) is 0 Å². The molecule has 1 aromatic heterocycles. The summed E-state index contributed by atoms with van der Waals surface area (Å²) in [6, 6.07) is 5.57. The maximum Gasteiger partial charge on any atom is 0.0388 e. The third-order valence-electron chi connectivity index (χ3n) is 5.66. The molecule has 2 bridgehead atoms. The smallest absolute Gasteiger partial charge is 0.0388 e. The van der Waals surface area contributed by atoms with Crippen molar-refractivity contribution in [3.05, 3.63) is 22.4 Å². The van der Waals surface area contributed by atoms with Crippen LogP contribution in [0.2, 0.25) is 0 Å². The minimum Gasteiger partial charge on any atom is -0.306 e. The molecule has 0 aromatic carbocycles. The van der Waals surface area contributed by atoms with Crippen LogP contribution in [0.1, 0.15) is 57.9 Å². The van der Waals surface area contributed by atoms with Gasteiger partial charge in [-0.3, -0.25) is 0 Å². The number of hydrogen-bond donors (Lipinski definition) is 1. The van der Waals surface area contributed by atoms with Crippen LogP contribution in [0.15, 0.2) is 17.5 Å². The molecule has 1 aromatic rings. The Labute approximate surface area is 115 Å². The molecule has 0 radical (unpaired) electrons. The van der Waals surface area contributed by atoms with Crippen molar-refractivity contribution in [2.45, 2.75) is 59.0 Å². The average Bonchev–Trinajstić information content (AvgIpc) is 2.96. The van der Waals surface area contributed by atoms with Gasteiger partial charge in [0.15, 0.2) is 0 Å². The van der Waals surface area contributed by atoms with Gasteiger partial charge in [0.05, 0.1) is 0 Å². The Bertz CT molecular complexity index is 418. The molecule has 0 spiro atoms. The molecule has 1 unspecified atom stereocenters. The van der Waals surface area contributed by atoms with E-state index in [0.29, 0.717) is 22.9 Å². The van der Waals surface area contributed by atoms with Crippen molar-refractivity contribution in [2.24, 2.45) is 16.7 Å². The third-order valence-corrected chi connectivity index (χ3v) is 6.71. The summed E-state index contributed by atoms with van der Waals surface area (Å²) >= 11 is 1.87. The number of fused-ring (bicyclic) bond motifs is 2. The van der Waals surface area contributed by atoms with Crippen molar-refractivity contribution in [3.8, 4) is 0 Å². The van der Waals surface area contributed by atoms with E-state index in [1.165, 1.54) is 24.1 Å². The molecular weight excluding hydrogens is 238 g/mol. The van der Waals surface area contributed by atoms with Gasteiger partial charge in [0.25, 0.3) is 0 Å². The summed E-state index contributed by atoms with van der Waals surface area (Å²) in [5, 5.41) is 6.14. The predicted octanol–water partition coefficient (Wildman–Crippen LogP) is 4.61. The molecule has 100 valence electrons. The van der Waals surface area contributed by atoms with Crippen LogP contribution in [0.4, 0.5) is 0 Å². The Hall–Kier alpha value is -0.340. The lowest BCUT2D eigenvalue weighted by atomic mass is 9.68. The van der Waals surface area contributed by atoms with E-state index in [-0.39, 0.29) is 0 Å². The van der Waals surface area contributed by atoms with E-state index in [4.69, 9.17) is 0 Å². The van der Waals surface area contributed by atoms with Crippen LogP contribution in [0.5, 0.6) is 0 Å². The van der Waals surface area contributed by atoms with Crippen molar-refractivity contribution < 1.29 is 0 Å². The van der Waals surface area contributed by atoms with E-state index in [2.05, 4.69) is 50.5 Å². The summed E-state index contributed by atoms with van der Waals surface area (Å²) in [7, 11) is 0. The molecular formula is C16H25NS. The minimum atomic E-state index is 0.457. The third kappa shape index (κ3) is 1.77. The van der Waals surface area contributed by atoms with E-state index in [0.717, 1.165) is 5.92 Å². The van der Waals surface area contributed by atoms with E-state index in [1.54, 1.807) is 0 Å². The lowest BCUT2D eigenvalue weighted by Crippen LogP contribution is -2.50. The van der Waals surface area contributed by atoms with Gasteiger partial charge in [-0.05, 0) is 54.4 Å². The highest BCUT2D eigenvalue weighted by molar-refractivity contribution is 7.10. The highest BCUT2D eigenvalue weighted by Gasteiger charge is 2.59. The Morgan fingerprint density at radius 1 is 1.39 bits per heavy atom. The second-order valence-electron chi connectivity index (χ2n) is 7.25. The normalized spacial score (nSPS) is 39.1. The summed E-state index contributed by atoms with van der Waals surface area (Å²) in [4.78, 5) is 1.47. The zero-order valence-corrected chi connectivity index (χ0v) is 12.8. The molecule has 18 heavy (non-hydrogen) atoms. The highest BCUT2D eigenvalue weighted by Crippen LogP contribution is 2.62. The molecule has 1 nitrogen and oxygen atoms in total. The second kappa shape index (κ2) is 4.08. The van der Waals surface area contributed by atoms with Crippen molar-refractivity contribution in [1.29, 1.82) is 0 Å². The van der Waals surface area contributed by atoms with E-state index in [1.807, 2.05) is 11.3 Å². The summed E-state index contributed by atoms with van der Waals surface area (Å²) in [5.41, 5.74) is 0.984. The van der Waals surface area contributed by atoms with Crippen molar-refractivity contribution in [3.63, 3.8) is 0 Å². The van der Waals surface area contributed by atoms with Gasteiger partial charge in [-0.15, -0.1) is 11.3 Å². The maximum atomic E-state index is 3.95. The lowest BCUT2D eigenvalue weighted by Gasteiger charge is -2.44. The molecule has 2 heteroatoms. The van der Waals surface area contributed by atoms with Gasteiger partial charge >= 0.3 is 0 Å². The first-order valence-electron chi connectivity index (χ1n) is 7.23. The summed E-state index contributed by atoms with van der Waals surface area (Å²) in [6.07, 6.45) is 4.28. The molecule has 0 aliphatic heterocycles. The highest BCUT2D eigenvalue weighted by atomic mass is 32.1. The Morgan fingerprint density at radius 2 is 2.17 bits per heavy atom. The van der Waals surface area contributed by atoms with Crippen LogP contribution in [-0.2, 0) is 0 Å². The number of nitrogens with one attached hydrogen (secondary N) is 1. The van der Waals surface area contributed by atoms with E-state index in [9.17, 15) is 0 Å². The van der Waals surface area contributed by atoms with Gasteiger partial charge in [0, 0.05) is 17.0 Å². The fraction of sp³-hybridized carbons (Fsp3) is 0.750. The standard InChI is InChI=1S/C16H25NS/c1-11(13-6-5-9-18-13)17-14-15(2,3)12-7-8-16(14,4)10-12/h5-6,9,11-12,14,17H,7-8,10H2,1-4H3/t11-,12+,14?,16-/m1/s1. The van der Waals surface area contributed by atoms with E-state index >= 15 is 0 Å². The van der Waals surface area contributed by atoms with Crippen molar-refractivity contribution >= 4 is 11.3 Å². The molecule has 0 amide bonds. The monoisotopic (exact) mass is 263 g/mol. The van der Waals surface area contributed by atoms with Crippen LogP contribution < -0.4 is 5.32 Å². The fourth-order valence-corrected chi connectivity index (χ4v) is 5.33. The predicted molar refractivity (Wildman–Crippen MR) is 78.9 cm³/mol. The molecule has 2 aliphatic carbocycles. The van der Waals surface area contributed by atoms with E-state index < -0.39 is 0 Å². The SMILES string of the molecule is C[C@@H](NC1C(C)(C)[C@H]2CC[C@]1(C)C2)c1cccs1. The van der Waals surface area contributed by atoms with Crippen LogP contribution >= 0.6 is 11.3 Å². The Balaban J connectivity index is 1.80. The molecule has 2 fully saturated rings. The van der Waals surface area contributed by atoms with Crippen LogP contribution in [0, 0.1) is 16.7 Å². The topological polar surface area (TPSA) is 12.0 Å². The number of thiophene rings is 1. The molecule has 2 aliphatic rings. The summed E-state index contributed by atoms with van der Waals surface area (Å²) in [5.74, 6) is 0.926. The minimum absolute atomic E-state index is 0.457. The number of hydrogen-bond acceptors (Lipinski definition) is 2. The van der Waals surface area contributed by atoms with Crippen LogP contribution in [0.3, 0.4) is 0 Å². The lowest BCUT2D eigenvalue weighted by molar-refractivity contribution is 0.101. The average molecular weight is 263 g/mol. The Morgan fingerprint density at radius 3 is 2.72 bits per heavy atom. The summed E-state index contributed by atoms with van der Waals surface area (Å²) < 4.78 is 0. The van der Waals surface area contributed by atoms with Crippen molar-refractivity contribution in [2.75, 3.05) is 0 Å². The largest absolute Gasteiger partial charge is 0.306 e. The molecule has 3 rings (SSSR count). The molecule has 1 N–H and O–H groups in total. The number of rotatable bonds is 3. The first kappa shape index (κ1) is 12.7. The fourth-order valence-electron chi connectivity index (χ4n) is 4.59. The molecule has 1 heterocycles. The molecule has 0 saturated heterocycles. The van der Waals surface area contributed by atoms with Gasteiger partial charge in [-0.25, -0.2) is 0 Å². The van der Waals surface area contributed by atoms with Gasteiger partial charge in [-0.2, -0.15) is 0 Å².